The van der Waals surface area contributed by atoms with Gasteiger partial charge in [0.15, 0.2) is 6.10 Å². The first-order chi connectivity index (χ1) is 11.1. The van der Waals surface area contributed by atoms with Gasteiger partial charge in [-0.25, -0.2) is 0 Å². The Morgan fingerprint density at radius 2 is 2.04 bits per heavy atom. The van der Waals surface area contributed by atoms with Gasteiger partial charge in [-0.1, -0.05) is 32.0 Å². The van der Waals surface area contributed by atoms with Crippen molar-refractivity contribution in [2.45, 2.75) is 32.4 Å². The lowest BCUT2D eigenvalue weighted by atomic mass is 10.0. The van der Waals surface area contributed by atoms with E-state index in [2.05, 4.69) is 24.1 Å². The molecule has 126 valence electrons. The number of hydrogen-bond acceptors (Lipinski definition) is 4. The van der Waals surface area contributed by atoms with Crippen LogP contribution < -0.4 is 10.1 Å². The lowest BCUT2D eigenvalue weighted by Crippen LogP contribution is -2.52. The van der Waals surface area contributed by atoms with Crippen LogP contribution in [0.15, 0.2) is 24.3 Å². The number of fused-ring (bicyclic) bond motifs is 1. The fourth-order valence-electron chi connectivity index (χ4n) is 3.34. The van der Waals surface area contributed by atoms with Crippen molar-refractivity contribution in [1.29, 1.82) is 0 Å². The molecule has 5 heteroatoms. The minimum atomic E-state index is -0.398. The van der Waals surface area contributed by atoms with E-state index in [-0.39, 0.29) is 5.91 Å². The molecule has 3 rings (SSSR count). The van der Waals surface area contributed by atoms with E-state index in [0.717, 1.165) is 37.6 Å². The highest BCUT2D eigenvalue weighted by atomic mass is 16.5. The van der Waals surface area contributed by atoms with E-state index in [0.29, 0.717) is 24.9 Å². The first-order valence-electron chi connectivity index (χ1n) is 8.49. The van der Waals surface area contributed by atoms with Crippen LogP contribution in [-0.4, -0.2) is 55.8 Å². The Hall–Kier alpha value is -1.59. The van der Waals surface area contributed by atoms with Crippen molar-refractivity contribution < 1.29 is 14.3 Å². The van der Waals surface area contributed by atoms with Crippen molar-refractivity contribution in [3.8, 4) is 5.75 Å². The average Bonchev–Trinajstić information content (AvgIpc) is 2.99. The summed E-state index contributed by atoms with van der Waals surface area (Å²) < 4.78 is 11.2. The molecule has 2 atom stereocenters. The van der Waals surface area contributed by atoms with Gasteiger partial charge in [0, 0.05) is 32.1 Å². The average molecular weight is 318 g/mol. The highest BCUT2D eigenvalue weighted by Gasteiger charge is 2.30. The minimum Gasteiger partial charge on any atom is -0.480 e. The third-order valence-corrected chi connectivity index (χ3v) is 4.71. The van der Waals surface area contributed by atoms with Crippen molar-refractivity contribution in [3.05, 3.63) is 29.8 Å². The monoisotopic (exact) mass is 318 g/mol. The molecule has 0 radical (unpaired) electrons. The molecule has 1 aromatic rings. The number of amides is 1. The van der Waals surface area contributed by atoms with Crippen molar-refractivity contribution in [1.82, 2.24) is 10.2 Å². The molecule has 0 aromatic heterocycles. The molecule has 0 unspecified atom stereocenters. The van der Waals surface area contributed by atoms with Crippen molar-refractivity contribution in [2.24, 2.45) is 5.92 Å². The molecule has 1 saturated heterocycles. The van der Waals surface area contributed by atoms with Gasteiger partial charge in [-0.3, -0.25) is 9.69 Å². The van der Waals surface area contributed by atoms with Crippen LogP contribution in [0.25, 0.3) is 0 Å². The van der Waals surface area contributed by atoms with Crippen LogP contribution >= 0.6 is 0 Å². The zero-order valence-electron chi connectivity index (χ0n) is 14.0. The molecule has 5 nitrogen and oxygen atoms in total. The number of carbonyl (C=O) groups is 1. The van der Waals surface area contributed by atoms with Crippen LogP contribution in [0.2, 0.25) is 0 Å². The number of hydrogen-bond donors (Lipinski definition) is 1. The Balaban J connectivity index is 1.53. The Morgan fingerprint density at radius 3 is 2.74 bits per heavy atom. The molecule has 0 saturated carbocycles. The molecule has 0 aliphatic carbocycles. The van der Waals surface area contributed by atoms with Gasteiger partial charge in [0.2, 0.25) is 0 Å². The van der Waals surface area contributed by atoms with Crippen molar-refractivity contribution in [3.63, 3.8) is 0 Å². The molecule has 1 N–H and O–H groups in total. The maximum absolute atomic E-state index is 12.4. The fraction of sp³-hybridized carbons (Fsp3) is 0.611. The van der Waals surface area contributed by atoms with E-state index in [1.165, 1.54) is 0 Å². The minimum absolute atomic E-state index is 0.0138. The van der Waals surface area contributed by atoms with Gasteiger partial charge in [0.25, 0.3) is 5.91 Å². The molecule has 2 aliphatic heterocycles. The predicted octanol–water partition coefficient (Wildman–Crippen LogP) is 1.46. The van der Waals surface area contributed by atoms with Gasteiger partial charge in [0.05, 0.1) is 13.2 Å². The Kier molecular flexibility index (Phi) is 5.18. The number of morpholine rings is 1. The van der Waals surface area contributed by atoms with Gasteiger partial charge in [-0.2, -0.15) is 0 Å². The fourth-order valence-corrected chi connectivity index (χ4v) is 3.34. The molecule has 0 spiro atoms. The number of carbonyl (C=O) groups excluding carboxylic acids is 1. The molecule has 1 aromatic carbocycles. The van der Waals surface area contributed by atoms with E-state index >= 15 is 0 Å². The maximum atomic E-state index is 12.4. The topological polar surface area (TPSA) is 50.8 Å². The molecular formula is C18H26N2O3. The van der Waals surface area contributed by atoms with Crippen molar-refractivity contribution in [2.75, 3.05) is 32.8 Å². The number of nitrogens with zero attached hydrogens (tertiary/aromatic N) is 1. The van der Waals surface area contributed by atoms with Crippen LogP contribution in [0, 0.1) is 5.92 Å². The number of ether oxygens (including phenoxy) is 2. The summed E-state index contributed by atoms with van der Waals surface area (Å²) in [4.78, 5) is 14.9. The molecule has 1 amide bonds. The zero-order chi connectivity index (χ0) is 16.2. The summed E-state index contributed by atoms with van der Waals surface area (Å²) in [6.45, 7) is 8.49. The Labute approximate surface area is 137 Å². The van der Waals surface area contributed by atoms with E-state index < -0.39 is 6.10 Å². The number of nitrogens with one attached hydrogen (secondary N) is 1. The van der Waals surface area contributed by atoms with E-state index in [1.807, 2.05) is 24.3 Å². The smallest absolute Gasteiger partial charge is 0.261 e. The van der Waals surface area contributed by atoms with E-state index in [4.69, 9.17) is 9.47 Å². The number of rotatable bonds is 5. The quantitative estimate of drug-likeness (QED) is 0.893. The van der Waals surface area contributed by atoms with Gasteiger partial charge in [0.1, 0.15) is 5.75 Å². The lowest BCUT2D eigenvalue weighted by Gasteiger charge is -2.37. The summed E-state index contributed by atoms with van der Waals surface area (Å²) >= 11 is 0. The van der Waals surface area contributed by atoms with Gasteiger partial charge < -0.3 is 14.8 Å². The SMILES string of the molecule is CC(C)[C@H](CNC(=O)[C@H]1Cc2ccccc2O1)N1CCOCC1. The molecule has 2 heterocycles. The van der Waals surface area contributed by atoms with E-state index in [1.54, 1.807) is 0 Å². The first-order valence-corrected chi connectivity index (χ1v) is 8.49. The second-order valence-electron chi connectivity index (χ2n) is 6.62. The summed E-state index contributed by atoms with van der Waals surface area (Å²) in [7, 11) is 0. The standard InChI is InChI=1S/C18H26N2O3/c1-13(2)15(20-7-9-22-10-8-20)12-19-18(21)17-11-14-5-3-4-6-16(14)23-17/h3-6,13,15,17H,7-12H2,1-2H3,(H,19,21)/t15-,17+/m0/s1. The molecular weight excluding hydrogens is 292 g/mol. The van der Waals surface area contributed by atoms with Gasteiger partial charge in [-0.15, -0.1) is 0 Å². The van der Waals surface area contributed by atoms with Gasteiger partial charge in [-0.05, 0) is 17.5 Å². The van der Waals surface area contributed by atoms with Crippen molar-refractivity contribution >= 4 is 5.91 Å². The lowest BCUT2D eigenvalue weighted by molar-refractivity contribution is -0.127. The van der Waals surface area contributed by atoms with Crippen LogP contribution in [-0.2, 0) is 16.0 Å². The van der Waals surface area contributed by atoms with E-state index in [9.17, 15) is 4.79 Å². The summed E-state index contributed by atoms with van der Waals surface area (Å²) in [5.74, 6) is 1.30. The molecule has 23 heavy (non-hydrogen) atoms. The normalized spacial score (nSPS) is 22.5. The largest absolute Gasteiger partial charge is 0.480 e. The second kappa shape index (κ2) is 7.32. The third kappa shape index (κ3) is 3.85. The maximum Gasteiger partial charge on any atom is 0.261 e. The highest BCUT2D eigenvalue weighted by Crippen LogP contribution is 2.28. The Bertz CT molecular complexity index is 516. The van der Waals surface area contributed by atoms with Crippen LogP contribution in [0.4, 0.5) is 0 Å². The second-order valence-corrected chi connectivity index (χ2v) is 6.62. The van der Waals surface area contributed by atoms with Crippen LogP contribution in [0.5, 0.6) is 5.75 Å². The summed E-state index contributed by atoms with van der Waals surface area (Å²) in [6.07, 6.45) is 0.260. The molecule has 1 fully saturated rings. The Morgan fingerprint density at radius 1 is 1.30 bits per heavy atom. The third-order valence-electron chi connectivity index (χ3n) is 4.71. The number of benzene rings is 1. The summed E-state index contributed by atoms with van der Waals surface area (Å²) in [5.41, 5.74) is 1.11. The first kappa shape index (κ1) is 16.3. The summed E-state index contributed by atoms with van der Waals surface area (Å²) in [6, 6.07) is 8.20. The molecule has 2 aliphatic rings. The van der Waals surface area contributed by atoms with Gasteiger partial charge >= 0.3 is 0 Å². The van der Waals surface area contributed by atoms with Crippen LogP contribution in [0.3, 0.4) is 0 Å². The number of para-hydroxylation sites is 1. The predicted molar refractivity (Wildman–Crippen MR) is 88.6 cm³/mol. The zero-order valence-corrected chi connectivity index (χ0v) is 14.0. The highest BCUT2D eigenvalue weighted by molar-refractivity contribution is 5.82. The summed E-state index contributed by atoms with van der Waals surface area (Å²) in [5, 5.41) is 3.09. The van der Waals surface area contributed by atoms with Crippen LogP contribution in [0.1, 0.15) is 19.4 Å². The molecule has 0 bridgehead atoms.